The number of aromatic nitrogens is 3. The van der Waals surface area contributed by atoms with E-state index < -0.39 is 5.60 Å². The van der Waals surface area contributed by atoms with Crippen LogP contribution in [0.3, 0.4) is 0 Å². The van der Waals surface area contributed by atoms with Crippen LogP contribution in [0, 0.1) is 5.92 Å². The van der Waals surface area contributed by atoms with E-state index in [2.05, 4.69) is 41.3 Å². The minimum Gasteiger partial charge on any atom is -0.388 e. The molecule has 0 aromatic carbocycles. The van der Waals surface area contributed by atoms with Crippen molar-refractivity contribution in [3.05, 3.63) is 11.4 Å². The molecule has 0 amide bonds. The summed E-state index contributed by atoms with van der Waals surface area (Å²) in [7, 11) is 0. The molecule has 5 heteroatoms. The fraction of sp³-hybridized carbons (Fsp3) is 0.812. The van der Waals surface area contributed by atoms with E-state index in [0.29, 0.717) is 12.5 Å². The Morgan fingerprint density at radius 1 is 1.10 bits per heavy atom. The molecule has 1 saturated carbocycles. The molecule has 5 nitrogen and oxygen atoms in total. The highest BCUT2D eigenvalue weighted by Crippen LogP contribution is 2.33. The summed E-state index contributed by atoms with van der Waals surface area (Å²) in [6, 6.07) is 0. The van der Waals surface area contributed by atoms with Crippen LogP contribution in [0.15, 0.2) is 0 Å². The minimum atomic E-state index is -0.620. The lowest BCUT2D eigenvalue weighted by Gasteiger charge is -2.35. The Morgan fingerprint density at radius 2 is 1.76 bits per heavy atom. The maximum atomic E-state index is 10.6. The van der Waals surface area contributed by atoms with E-state index in [0.717, 1.165) is 55.8 Å². The number of rotatable bonds is 6. The number of nitrogens with one attached hydrogen (secondary N) is 1. The van der Waals surface area contributed by atoms with E-state index in [-0.39, 0.29) is 0 Å². The van der Waals surface area contributed by atoms with Gasteiger partial charge in [0.15, 0.2) is 0 Å². The summed E-state index contributed by atoms with van der Waals surface area (Å²) in [5.41, 5.74) is 1.34. The molecular formula is C16H28N4O. The van der Waals surface area contributed by atoms with E-state index in [9.17, 15) is 5.11 Å². The van der Waals surface area contributed by atoms with Crippen LogP contribution in [-0.2, 0) is 12.8 Å². The first kappa shape index (κ1) is 16.1. The van der Waals surface area contributed by atoms with Gasteiger partial charge in [-0.2, -0.15) is 5.10 Å². The maximum Gasteiger partial charge on any atom is 0.243 e. The van der Waals surface area contributed by atoms with E-state index in [1.54, 1.807) is 0 Å². The molecule has 21 heavy (non-hydrogen) atoms. The predicted molar refractivity (Wildman–Crippen MR) is 84.3 cm³/mol. The van der Waals surface area contributed by atoms with Gasteiger partial charge in [0, 0.05) is 6.54 Å². The second kappa shape index (κ2) is 7.16. The average Bonchev–Trinajstić information content (AvgIpc) is 2.53. The van der Waals surface area contributed by atoms with Crippen LogP contribution in [0.1, 0.15) is 64.3 Å². The number of nitrogens with zero attached hydrogens (tertiary/aromatic N) is 3. The molecule has 1 heterocycles. The van der Waals surface area contributed by atoms with Gasteiger partial charge in [-0.3, -0.25) is 0 Å². The van der Waals surface area contributed by atoms with Crippen molar-refractivity contribution in [3.8, 4) is 0 Å². The number of aryl methyl sites for hydroxylation is 2. The molecule has 0 saturated heterocycles. The summed E-state index contributed by atoms with van der Waals surface area (Å²) in [5.74, 6) is 1.31. The van der Waals surface area contributed by atoms with Gasteiger partial charge >= 0.3 is 0 Å². The van der Waals surface area contributed by atoms with Crippen molar-refractivity contribution >= 4 is 5.95 Å². The van der Waals surface area contributed by atoms with Gasteiger partial charge in [-0.05, 0) is 44.4 Å². The first-order valence-corrected chi connectivity index (χ1v) is 8.29. The third-order valence-electron chi connectivity index (χ3n) is 4.70. The van der Waals surface area contributed by atoms with Crippen molar-refractivity contribution in [3.63, 3.8) is 0 Å². The fourth-order valence-electron chi connectivity index (χ4n) is 3.06. The van der Waals surface area contributed by atoms with E-state index >= 15 is 0 Å². The zero-order chi connectivity index (χ0) is 15.3. The molecule has 1 aromatic rings. The second-order valence-corrected chi connectivity index (χ2v) is 6.17. The number of hydrogen-bond donors (Lipinski definition) is 2. The quantitative estimate of drug-likeness (QED) is 0.843. The monoisotopic (exact) mass is 292 g/mol. The minimum absolute atomic E-state index is 0.514. The summed E-state index contributed by atoms with van der Waals surface area (Å²) < 4.78 is 0. The molecule has 0 aliphatic heterocycles. The van der Waals surface area contributed by atoms with E-state index in [1.807, 2.05) is 0 Å². The normalized spacial score (nSPS) is 25.8. The maximum absolute atomic E-state index is 10.6. The van der Waals surface area contributed by atoms with Gasteiger partial charge in [-0.25, -0.2) is 4.98 Å². The molecule has 1 aliphatic carbocycles. The third-order valence-corrected chi connectivity index (χ3v) is 4.70. The first-order chi connectivity index (χ1) is 10.1. The molecule has 118 valence electrons. The molecule has 1 aromatic heterocycles. The Bertz CT molecular complexity index is 456. The van der Waals surface area contributed by atoms with Crippen LogP contribution in [0.25, 0.3) is 0 Å². The summed E-state index contributed by atoms with van der Waals surface area (Å²) in [6.07, 6.45) is 6.88. The number of aliphatic hydroxyl groups is 1. The molecular weight excluding hydrogens is 264 g/mol. The van der Waals surface area contributed by atoms with Crippen LogP contribution in [0.5, 0.6) is 0 Å². The Balaban J connectivity index is 1.93. The van der Waals surface area contributed by atoms with Gasteiger partial charge in [0.2, 0.25) is 5.95 Å². The third kappa shape index (κ3) is 4.13. The van der Waals surface area contributed by atoms with Gasteiger partial charge in [-0.15, -0.1) is 5.10 Å². The van der Waals surface area contributed by atoms with Gasteiger partial charge in [-0.1, -0.05) is 27.2 Å². The molecule has 0 bridgehead atoms. The van der Waals surface area contributed by atoms with Gasteiger partial charge in [0.25, 0.3) is 0 Å². The smallest absolute Gasteiger partial charge is 0.243 e. The highest BCUT2D eigenvalue weighted by Gasteiger charge is 2.32. The van der Waals surface area contributed by atoms with Gasteiger partial charge < -0.3 is 10.4 Å². The van der Waals surface area contributed by atoms with Gasteiger partial charge in [0.1, 0.15) is 0 Å². The lowest BCUT2D eigenvalue weighted by molar-refractivity contribution is 0.00214. The topological polar surface area (TPSA) is 70.9 Å². The lowest BCUT2D eigenvalue weighted by Crippen LogP contribution is -2.41. The zero-order valence-corrected chi connectivity index (χ0v) is 13.5. The lowest BCUT2D eigenvalue weighted by atomic mass is 9.78. The fourth-order valence-corrected chi connectivity index (χ4v) is 3.06. The van der Waals surface area contributed by atoms with Crippen LogP contribution >= 0.6 is 0 Å². The standard InChI is InChI=1S/C16H28N4O/c1-4-12-7-9-16(21,10-8-12)11-17-15-18-13(5-2)14(6-3)19-20-15/h12,21H,4-11H2,1-3H3,(H,17,18,20). The molecule has 2 N–H and O–H groups in total. The summed E-state index contributed by atoms with van der Waals surface area (Å²) >= 11 is 0. The van der Waals surface area contributed by atoms with Crippen LogP contribution < -0.4 is 5.32 Å². The van der Waals surface area contributed by atoms with Crippen molar-refractivity contribution in [2.75, 3.05) is 11.9 Å². The largest absolute Gasteiger partial charge is 0.388 e. The highest BCUT2D eigenvalue weighted by atomic mass is 16.3. The van der Waals surface area contributed by atoms with E-state index in [1.165, 1.54) is 6.42 Å². The summed E-state index contributed by atoms with van der Waals surface area (Å²) in [4.78, 5) is 4.51. The molecule has 1 fully saturated rings. The molecule has 0 atom stereocenters. The zero-order valence-electron chi connectivity index (χ0n) is 13.5. The van der Waals surface area contributed by atoms with Crippen molar-refractivity contribution in [1.29, 1.82) is 0 Å². The molecule has 0 radical (unpaired) electrons. The van der Waals surface area contributed by atoms with Crippen LogP contribution in [0.2, 0.25) is 0 Å². The van der Waals surface area contributed by atoms with E-state index in [4.69, 9.17) is 0 Å². The summed E-state index contributed by atoms with van der Waals surface area (Å²) in [5, 5.41) is 22.2. The average molecular weight is 292 g/mol. The van der Waals surface area contributed by atoms with Crippen molar-refractivity contribution in [1.82, 2.24) is 15.2 Å². The van der Waals surface area contributed by atoms with Crippen molar-refractivity contribution in [2.45, 2.75) is 71.3 Å². The SMILES string of the molecule is CCc1nnc(NCC2(O)CCC(CC)CC2)nc1CC. The summed E-state index contributed by atoms with van der Waals surface area (Å²) in [6.45, 7) is 6.88. The number of anilines is 1. The highest BCUT2D eigenvalue weighted by molar-refractivity contribution is 5.26. The Morgan fingerprint density at radius 3 is 2.33 bits per heavy atom. The Labute approximate surface area is 127 Å². The molecule has 2 rings (SSSR count). The second-order valence-electron chi connectivity index (χ2n) is 6.17. The first-order valence-electron chi connectivity index (χ1n) is 8.29. The molecule has 1 aliphatic rings. The van der Waals surface area contributed by atoms with Crippen LogP contribution in [0.4, 0.5) is 5.95 Å². The molecule has 0 spiro atoms. The molecule has 0 unspecified atom stereocenters. The Hall–Kier alpha value is -1.23. The van der Waals surface area contributed by atoms with Crippen molar-refractivity contribution in [2.24, 2.45) is 5.92 Å². The van der Waals surface area contributed by atoms with Crippen LogP contribution in [-0.4, -0.2) is 32.4 Å². The predicted octanol–water partition coefficient (Wildman–Crippen LogP) is 2.74. The number of hydrogen-bond acceptors (Lipinski definition) is 5. The van der Waals surface area contributed by atoms with Gasteiger partial charge in [0.05, 0.1) is 17.0 Å². The van der Waals surface area contributed by atoms with Crippen molar-refractivity contribution < 1.29 is 5.11 Å². The Kier molecular flexibility index (Phi) is 5.51.